The number of likely N-dealkylation sites (N-methyl/N-ethyl adjacent to an activating group) is 1. The number of amides is 1. The fourth-order valence-electron chi connectivity index (χ4n) is 1.89. The van der Waals surface area contributed by atoms with Gasteiger partial charge in [0.15, 0.2) is 0 Å². The molecule has 0 bridgehead atoms. The normalized spacial score (nSPS) is 11.2. The van der Waals surface area contributed by atoms with Gasteiger partial charge < -0.3 is 15.4 Å². The topological polar surface area (TPSA) is 55.6 Å². The molecule has 2 N–H and O–H groups in total. The van der Waals surface area contributed by atoms with Gasteiger partial charge in [0.25, 0.3) is 0 Å². The van der Waals surface area contributed by atoms with E-state index in [4.69, 9.17) is 22.1 Å². The largest absolute Gasteiger partial charge is 0.492 e. The summed E-state index contributed by atoms with van der Waals surface area (Å²) in [5.41, 5.74) is 5.32. The average Bonchev–Trinajstić information content (AvgIpc) is 2.45. The number of hydrogen-bond acceptors (Lipinski definition) is 3. The summed E-state index contributed by atoms with van der Waals surface area (Å²) in [6.45, 7) is 4.76. The van der Waals surface area contributed by atoms with Gasteiger partial charge in [0, 0.05) is 12.1 Å². The number of ether oxygens (including phenoxy) is 1. The van der Waals surface area contributed by atoms with Gasteiger partial charge in [-0.3, -0.25) is 4.79 Å². The Balaban J connectivity index is 2.47. The van der Waals surface area contributed by atoms with Gasteiger partial charge in [0.1, 0.15) is 12.4 Å². The Morgan fingerprint density at radius 3 is 2.60 bits per heavy atom. The molecule has 4 nitrogen and oxygen atoms in total. The molecule has 112 valence electrons. The van der Waals surface area contributed by atoms with Gasteiger partial charge in [-0.1, -0.05) is 31.5 Å². The molecule has 20 heavy (non-hydrogen) atoms. The van der Waals surface area contributed by atoms with Crippen molar-refractivity contribution < 1.29 is 9.53 Å². The molecule has 0 radical (unpaired) electrons. The molecule has 1 aromatic rings. The summed E-state index contributed by atoms with van der Waals surface area (Å²) in [5.74, 6) is 0.653. The molecule has 1 rings (SSSR count). The monoisotopic (exact) mass is 298 g/mol. The lowest BCUT2D eigenvalue weighted by Gasteiger charge is -2.30. The number of carbonyl (C=O) groups excluding carboxylic acids is 1. The van der Waals surface area contributed by atoms with Crippen LogP contribution in [0.5, 0.6) is 5.75 Å². The molecule has 0 aliphatic heterocycles. The highest BCUT2D eigenvalue weighted by atomic mass is 35.5. The van der Waals surface area contributed by atoms with Crippen LogP contribution in [0.1, 0.15) is 26.7 Å². The van der Waals surface area contributed by atoms with Crippen molar-refractivity contribution in [2.24, 2.45) is 5.73 Å². The van der Waals surface area contributed by atoms with Gasteiger partial charge >= 0.3 is 0 Å². The minimum atomic E-state index is -0.773. The summed E-state index contributed by atoms with van der Waals surface area (Å²) in [6, 6.07) is 7.19. The predicted octanol–water partition coefficient (Wildman–Crippen LogP) is 2.69. The standard InChI is InChI=1S/C15H23ClN2O2/c1-4-15(17,5-2)14(19)18(3)9-10-20-13-8-6-7-12(16)11-13/h6-8,11H,4-5,9-10,17H2,1-3H3. The second kappa shape index (κ2) is 7.50. The quantitative estimate of drug-likeness (QED) is 0.842. The molecule has 0 saturated carbocycles. The zero-order chi connectivity index (χ0) is 15.2. The molecule has 0 heterocycles. The number of nitrogens with two attached hydrogens (primary N) is 1. The third kappa shape index (κ3) is 4.39. The van der Waals surface area contributed by atoms with Gasteiger partial charge in [0.05, 0.1) is 12.1 Å². The van der Waals surface area contributed by atoms with Crippen molar-refractivity contribution in [1.29, 1.82) is 0 Å². The zero-order valence-electron chi connectivity index (χ0n) is 12.4. The molecule has 0 saturated heterocycles. The van der Waals surface area contributed by atoms with Crippen LogP contribution < -0.4 is 10.5 Å². The SMILES string of the molecule is CCC(N)(CC)C(=O)N(C)CCOc1cccc(Cl)c1. The van der Waals surface area contributed by atoms with Crippen molar-refractivity contribution >= 4 is 17.5 Å². The number of carbonyl (C=O) groups is 1. The molecule has 0 aliphatic carbocycles. The van der Waals surface area contributed by atoms with E-state index < -0.39 is 5.54 Å². The van der Waals surface area contributed by atoms with E-state index in [0.29, 0.717) is 36.8 Å². The maximum Gasteiger partial charge on any atom is 0.242 e. The fraction of sp³-hybridized carbons (Fsp3) is 0.533. The lowest BCUT2D eigenvalue weighted by molar-refractivity contribution is -0.136. The highest BCUT2D eigenvalue weighted by molar-refractivity contribution is 6.30. The molecule has 1 aromatic carbocycles. The van der Waals surface area contributed by atoms with Gasteiger partial charge in [0.2, 0.25) is 5.91 Å². The Morgan fingerprint density at radius 1 is 1.40 bits per heavy atom. The Kier molecular flexibility index (Phi) is 6.30. The van der Waals surface area contributed by atoms with Gasteiger partial charge in [-0.25, -0.2) is 0 Å². The number of hydrogen-bond donors (Lipinski definition) is 1. The Hall–Kier alpha value is -1.26. The van der Waals surface area contributed by atoms with E-state index in [9.17, 15) is 4.79 Å². The second-order valence-electron chi connectivity index (χ2n) is 4.90. The third-order valence-corrected chi connectivity index (χ3v) is 3.76. The van der Waals surface area contributed by atoms with Crippen LogP contribution in [0.4, 0.5) is 0 Å². The summed E-state index contributed by atoms with van der Waals surface area (Å²) < 4.78 is 5.57. The van der Waals surface area contributed by atoms with Crippen molar-refractivity contribution in [3.05, 3.63) is 29.3 Å². The zero-order valence-corrected chi connectivity index (χ0v) is 13.1. The molecular formula is C15H23ClN2O2. The molecular weight excluding hydrogens is 276 g/mol. The van der Waals surface area contributed by atoms with Gasteiger partial charge in [-0.2, -0.15) is 0 Å². The molecule has 0 unspecified atom stereocenters. The number of benzene rings is 1. The average molecular weight is 299 g/mol. The lowest BCUT2D eigenvalue weighted by atomic mass is 9.92. The molecule has 0 aromatic heterocycles. The van der Waals surface area contributed by atoms with Crippen LogP contribution in [-0.2, 0) is 4.79 Å². The third-order valence-electron chi connectivity index (χ3n) is 3.53. The highest BCUT2D eigenvalue weighted by Crippen LogP contribution is 2.17. The van der Waals surface area contributed by atoms with Crippen LogP contribution in [0.15, 0.2) is 24.3 Å². The van der Waals surface area contributed by atoms with Crippen molar-refractivity contribution in [2.45, 2.75) is 32.2 Å². The number of halogens is 1. The second-order valence-corrected chi connectivity index (χ2v) is 5.33. The van der Waals surface area contributed by atoms with Crippen molar-refractivity contribution in [3.8, 4) is 5.75 Å². The fourth-order valence-corrected chi connectivity index (χ4v) is 2.07. The van der Waals surface area contributed by atoms with Crippen molar-refractivity contribution in [2.75, 3.05) is 20.2 Å². The molecule has 0 atom stereocenters. The van der Waals surface area contributed by atoms with E-state index >= 15 is 0 Å². The van der Waals surface area contributed by atoms with E-state index in [1.165, 1.54) is 0 Å². The van der Waals surface area contributed by atoms with Crippen LogP contribution >= 0.6 is 11.6 Å². The first-order valence-electron chi connectivity index (χ1n) is 6.85. The molecule has 0 fully saturated rings. The molecule has 5 heteroatoms. The summed E-state index contributed by atoms with van der Waals surface area (Å²) in [5, 5.41) is 0.630. The van der Waals surface area contributed by atoms with Crippen LogP contribution in [0.25, 0.3) is 0 Å². The lowest BCUT2D eigenvalue weighted by Crippen LogP contribution is -2.54. The van der Waals surface area contributed by atoms with Crippen LogP contribution in [0.3, 0.4) is 0 Å². The Morgan fingerprint density at radius 2 is 2.05 bits per heavy atom. The minimum Gasteiger partial charge on any atom is -0.492 e. The van der Waals surface area contributed by atoms with Gasteiger partial charge in [-0.05, 0) is 31.0 Å². The van der Waals surface area contributed by atoms with E-state index in [1.807, 2.05) is 26.0 Å². The first kappa shape index (κ1) is 16.8. The maximum absolute atomic E-state index is 12.2. The molecule has 0 aliphatic rings. The number of nitrogens with zero attached hydrogens (tertiary/aromatic N) is 1. The highest BCUT2D eigenvalue weighted by Gasteiger charge is 2.32. The minimum absolute atomic E-state index is 0.0443. The van der Waals surface area contributed by atoms with Crippen LogP contribution in [0.2, 0.25) is 5.02 Å². The van der Waals surface area contributed by atoms with E-state index in [2.05, 4.69) is 0 Å². The van der Waals surface area contributed by atoms with Crippen molar-refractivity contribution in [3.63, 3.8) is 0 Å². The summed E-state index contributed by atoms with van der Waals surface area (Å²) in [7, 11) is 1.75. The predicted molar refractivity (Wildman–Crippen MR) is 82.1 cm³/mol. The molecule has 0 spiro atoms. The summed E-state index contributed by atoms with van der Waals surface area (Å²) >= 11 is 5.87. The first-order chi connectivity index (χ1) is 9.42. The van der Waals surface area contributed by atoms with Crippen LogP contribution in [0, 0.1) is 0 Å². The summed E-state index contributed by atoms with van der Waals surface area (Å²) in [4.78, 5) is 13.9. The van der Waals surface area contributed by atoms with Crippen molar-refractivity contribution in [1.82, 2.24) is 4.90 Å². The first-order valence-corrected chi connectivity index (χ1v) is 7.23. The smallest absolute Gasteiger partial charge is 0.242 e. The Bertz CT molecular complexity index is 447. The van der Waals surface area contributed by atoms with E-state index in [0.717, 1.165) is 0 Å². The maximum atomic E-state index is 12.2. The molecule has 1 amide bonds. The number of rotatable bonds is 7. The van der Waals surface area contributed by atoms with Gasteiger partial charge in [-0.15, -0.1) is 0 Å². The Labute approximate surface area is 125 Å². The van der Waals surface area contributed by atoms with E-state index in [-0.39, 0.29) is 5.91 Å². The summed E-state index contributed by atoms with van der Waals surface area (Å²) in [6.07, 6.45) is 1.25. The van der Waals surface area contributed by atoms with E-state index in [1.54, 1.807) is 24.1 Å². The van der Waals surface area contributed by atoms with Crippen LogP contribution in [-0.4, -0.2) is 36.5 Å².